The Morgan fingerprint density at radius 3 is 2.70 bits per heavy atom. The highest BCUT2D eigenvalue weighted by Crippen LogP contribution is 2.23. The third kappa shape index (κ3) is 3.83. The van der Waals surface area contributed by atoms with Crippen LogP contribution in [0, 0.1) is 13.7 Å². The van der Waals surface area contributed by atoms with E-state index < -0.39 is 0 Å². The zero-order valence-corrected chi connectivity index (χ0v) is 13.4. The predicted molar refractivity (Wildman–Crippen MR) is 89.5 cm³/mol. The van der Waals surface area contributed by atoms with Crippen molar-refractivity contribution in [3.05, 3.63) is 66.7 Å². The average molecular weight is 403 g/mol. The van der Waals surface area contributed by atoms with E-state index in [1.807, 2.05) is 24.3 Å². The van der Waals surface area contributed by atoms with Gasteiger partial charge in [0.05, 0.1) is 4.92 Å². The van der Waals surface area contributed by atoms with Crippen molar-refractivity contribution in [3.8, 4) is 0 Å². The highest BCUT2D eigenvalue weighted by Gasteiger charge is 2.11. The molecule has 0 aliphatic heterocycles. The second-order valence-corrected chi connectivity index (χ2v) is 5.79. The van der Waals surface area contributed by atoms with Crippen molar-refractivity contribution in [1.29, 1.82) is 0 Å². The molecule has 0 unspecified atom stereocenters. The quantitative estimate of drug-likeness (QED) is 0.455. The molecule has 0 aliphatic carbocycles. The van der Waals surface area contributed by atoms with Crippen LogP contribution in [0.3, 0.4) is 0 Å². The van der Waals surface area contributed by atoms with Gasteiger partial charge in [0.25, 0.3) is 5.69 Å². The number of nitro benzene ring substituents is 1. The molecule has 0 bridgehead atoms. The van der Waals surface area contributed by atoms with E-state index in [2.05, 4.69) is 27.9 Å². The van der Waals surface area contributed by atoms with E-state index >= 15 is 0 Å². The van der Waals surface area contributed by atoms with Crippen molar-refractivity contribution in [3.63, 3.8) is 0 Å². The van der Waals surface area contributed by atoms with Crippen molar-refractivity contribution in [1.82, 2.24) is 0 Å². The largest absolute Gasteiger partial charge is 0.384 e. The fourth-order valence-electron chi connectivity index (χ4n) is 1.87. The van der Waals surface area contributed by atoms with Crippen molar-refractivity contribution in [2.24, 2.45) is 0 Å². The number of hydrogen-bond donors (Lipinski definition) is 1. The maximum Gasteiger partial charge on any atom is 0.272 e. The summed E-state index contributed by atoms with van der Waals surface area (Å²) in [6.07, 6.45) is 0.593. The van der Waals surface area contributed by atoms with Crippen LogP contribution in [0.5, 0.6) is 0 Å². The molecule has 0 aromatic heterocycles. The maximum absolute atomic E-state index is 10.9. The molecule has 2 aromatic rings. The Labute approximate surface area is 135 Å². The fraction of sp³-hybridized carbons (Fsp3) is 0.143. The van der Waals surface area contributed by atoms with Crippen LogP contribution in [0.1, 0.15) is 5.56 Å². The van der Waals surface area contributed by atoms with Gasteiger partial charge in [0.1, 0.15) is 0 Å². The summed E-state index contributed by atoms with van der Waals surface area (Å²) in [5.74, 6) is 0. The van der Waals surface area contributed by atoms with Gasteiger partial charge in [0, 0.05) is 32.5 Å². The average Bonchev–Trinajstić information content (AvgIpc) is 2.41. The molecule has 0 radical (unpaired) electrons. The summed E-state index contributed by atoms with van der Waals surface area (Å²) in [5, 5.41) is 14.9. The monoisotopic (exact) mass is 402 g/mol. The lowest BCUT2D eigenvalue weighted by Crippen LogP contribution is -2.07. The Balaban J connectivity index is 2.01. The summed E-state index contributed by atoms with van der Waals surface area (Å²) in [6.45, 7) is 0.627. The number of anilines is 1. The fourth-order valence-corrected chi connectivity index (χ4v) is 2.93. The minimum absolute atomic E-state index is 0.167. The number of hydrogen-bond acceptors (Lipinski definition) is 3. The Morgan fingerprint density at radius 1 is 1.25 bits per heavy atom. The van der Waals surface area contributed by atoms with Gasteiger partial charge < -0.3 is 5.32 Å². The summed E-state index contributed by atoms with van der Waals surface area (Å²) in [6, 6.07) is 12.4. The van der Waals surface area contributed by atoms with E-state index in [0.717, 1.165) is 14.8 Å². The van der Waals surface area contributed by atoms with Crippen LogP contribution < -0.4 is 5.32 Å². The third-order valence-electron chi connectivity index (χ3n) is 2.83. The van der Waals surface area contributed by atoms with Crippen LogP contribution in [-0.4, -0.2) is 11.5 Å². The molecule has 2 rings (SSSR count). The number of rotatable bonds is 5. The smallest absolute Gasteiger partial charge is 0.272 e. The molecule has 0 heterocycles. The molecule has 0 saturated heterocycles. The minimum Gasteiger partial charge on any atom is -0.384 e. The number of benzene rings is 2. The summed E-state index contributed by atoms with van der Waals surface area (Å²) >= 11 is 8.10. The Morgan fingerprint density at radius 2 is 2.00 bits per heavy atom. The van der Waals surface area contributed by atoms with Gasteiger partial charge in [0.15, 0.2) is 0 Å². The van der Waals surface area contributed by atoms with Gasteiger partial charge in [-0.05, 0) is 47.2 Å². The van der Waals surface area contributed by atoms with Crippen molar-refractivity contribution >= 4 is 45.6 Å². The van der Waals surface area contributed by atoms with Crippen LogP contribution in [-0.2, 0) is 6.42 Å². The van der Waals surface area contributed by atoms with Gasteiger partial charge in [-0.1, -0.05) is 29.8 Å². The molecule has 104 valence electrons. The highest BCUT2D eigenvalue weighted by molar-refractivity contribution is 14.1. The van der Waals surface area contributed by atoms with Crippen LogP contribution in [0.15, 0.2) is 42.5 Å². The lowest BCUT2D eigenvalue weighted by atomic mass is 10.1. The van der Waals surface area contributed by atoms with Crippen LogP contribution in [0.2, 0.25) is 5.02 Å². The van der Waals surface area contributed by atoms with Crippen LogP contribution in [0.25, 0.3) is 0 Å². The van der Waals surface area contributed by atoms with Gasteiger partial charge in [-0.2, -0.15) is 0 Å². The maximum atomic E-state index is 10.9. The van der Waals surface area contributed by atoms with E-state index in [0.29, 0.717) is 18.0 Å². The molecule has 0 amide bonds. The summed E-state index contributed by atoms with van der Waals surface area (Å²) in [5.41, 5.74) is 1.88. The molecule has 0 saturated carbocycles. The van der Waals surface area contributed by atoms with Crippen molar-refractivity contribution in [2.75, 3.05) is 11.9 Å². The van der Waals surface area contributed by atoms with Crippen LogP contribution >= 0.6 is 34.2 Å². The second kappa shape index (κ2) is 6.90. The predicted octanol–water partition coefficient (Wildman–Crippen LogP) is 4.51. The zero-order chi connectivity index (χ0) is 14.5. The van der Waals surface area contributed by atoms with Gasteiger partial charge in [-0.15, -0.1) is 0 Å². The molecule has 2 aromatic carbocycles. The molecule has 0 fully saturated rings. The Kier molecular flexibility index (Phi) is 5.19. The molecule has 1 N–H and O–H groups in total. The first kappa shape index (κ1) is 15.1. The third-order valence-corrected chi connectivity index (χ3v) is 3.96. The van der Waals surface area contributed by atoms with Crippen LogP contribution in [0.4, 0.5) is 11.4 Å². The molecular weight excluding hydrogens is 391 g/mol. The van der Waals surface area contributed by atoms with E-state index in [1.165, 1.54) is 6.07 Å². The molecule has 0 spiro atoms. The number of nitrogens with one attached hydrogen (secondary N) is 1. The van der Waals surface area contributed by atoms with Gasteiger partial charge in [-0.3, -0.25) is 10.1 Å². The van der Waals surface area contributed by atoms with Gasteiger partial charge >= 0.3 is 0 Å². The lowest BCUT2D eigenvalue weighted by molar-refractivity contribution is -0.385. The van der Waals surface area contributed by atoms with Gasteiger partial charge in [-0.25, -0.2) is 0 Å². The summed E-state index contributed by atoms with van der Waals surface area (Å²) < 4.78 is 1.03. The first-order valence-corrected chi connectivity index (χ1v) is 7.45. The number of halogens is 2. The summed E-state index contributed by atoms with van der Waals surface area (Å²) in [4.78, 5) is 10.6. The summed E-state index contributed by atoms with van der Waals surface area (Å²) in [7, 11) is 0. The van der Waals surface area contributed by atoms with E-state index in [4.69, 9.17) is 11.6 Å². The first-order chi connectivity index (χ1) is 9.58. The highest BCUT2D eigenvalue weighted by atomic mass is 127. The SMILES string of the molecule is O=[N+]([O-])c1ccccc1CCNc1ccc(Cl)cc1I. The van der Waals surface area contributed by atoms with E-state index in [-0.39, 0.29) is 10.6 Å². The van der Waals surface area contributed by atoms with Gasteiger partial charge in [0.2, 0.25) is 0 Å². The second-order valence-electron chi connectivity index (χ2n) is 4.19. The Bertz CT molecular complexity index is 634. The topological polar surface area (TPSA) is 55.2 Å². The molecule has 0 atom stereocenters. The van der Waals surface area contributed by atoms with E-state index in [1.54, 1.807) is 12.1 Å². The zero-order valence-electron chi connectivity index (χ0n) is 10.5. The standard InChI is InChI=1S/C14H12ClIN2O2/c15-11-5-6-13(12(16)9-11)17-8-7-10-3-1-2-4-14(10)18(19)20/h1-6,9,17H,7-8H2. The molecule has 20 heavy (non-hydrogen) atoms. The van der Waals surface area contributed by atoms with Crippen molar-refractivity contribution in [2.45, 2.75) is 6.42 Å². The molecule has 0 aliphatic rings. The number of nitrogens with zero attached hydrogens (tertiary/aromatic N) is 1. The van der Waals surface area contributed by atoms with E-state index in [9.17, 15) is 10.1 Å². The lowest BCUT2D eigenvalue weighted by Gasteiger charge is -2.09. The normalized spacial score (nSPS) is 10.3. The number of para-hydroxylation sites is 1. The first-order valence-electron chi connectivity index (χ1n) is 5.99. The molecule has 4 nitrogen and oxygen atoms in total. The molecular formula is C14H12ClIN2O2. The van der Waals surface area contributed by atoms with Crippen molar-refractivity contribution < 1.29 is 4.92 Å². The minimum atomic E-state index is -0.346. The Hall–Kier alpha value is -1.34. The number of nitro groups is 1. The molecule has 6 heteroatoms.